The fourth-order valence-corrected chi connectivity index (χ4v) is 2.21. The molecule has 1 fully saturated rings. The van der Waals surface area contributed by atoms with Crippen molar-refractivity contribution < 1.29 is 4.58 Å². The highest BCUT2D eigenvalue weighted by atomic mass is 15.4. The lowest BCUT2D eigenvalue weighted by atomic mass is 9.87. The number of rotatable bonds is 3. The molecular weight excluding hydrogens is 188 g/mol. The van der Waals surface area contributed by atoms with Gasteiger partial charge in [0.1, 0.15) is 0 Å². The van der Waals surface area contributed by atoms with Crippen molar-refractivity contribution in [1.29, 1.82) is 0 Å². The van der Waals surface area contributed by atoms with Gasteiger partial charge in [0, 0.05) is 0 Å². The van der Waals surface area contributed by atoms with Crippen molar-refractivity contribution in [2.75, 3.05) is 20.6 Å². The zero-order chi connectivity index (χ0) is 11.1. The summed E-state index contributed by atoms with van der Waals surface area (Å²) >= 11 is 0. The lowest BCUT2D eigenvalue weighted by molar-refractivity contribution is -0.469. The smallest absolute Gasteiger partial charge is 0.277 e. The molecule has 0 saturated heterocycles. The van der Waals surface area contributed by atoms with E-state index in [0.717, 1.165) is 18.4 Å². The van der Waals surface area contributed by atoms with Gasteiger partial charge in [0.25, 0.3) is 0 Å². The summed E-state index contributed by atoms with van der Waals surface area (Å²) in [6.07, 6.45) is 8.36. The molecule has 0 aliphatic heterocycles. The molecule has 0 unspecified atom stereocenters. The van der Waals surface area contributed by atoms with Crippen LogP contribution in [0.4, 0.5) is 0 Å². The second-order valence-corrected chi connectivity index (χ2v) is 4.61. The lowest BCUT2D eigenvalue weighted by Crippen LogP contribution is -2.46. The molecule has 4 heteroatoms. The molecule has 0 bridgehead atoms. The molecule has 0 atom stereocenters. The molecule has 15 heavy (non-hydrogen) atoms. The van der Waals surface area contributed by atoms with Crippen LogP contribution in [0.25, 0.3) is 0 Å². The number of nitrogens with one attached hydrogen (secondary N) is 2. The van der Waals surface area contributed by atoms with Crippen LogP contribution in [0.15, 0.2) is 0 Å². The van der Waals surface area contributed by atoms with Gasteiger partial charge in [-0.2, -0.15) is 5.84 Å². The Morgan fingerprint density at radius 3 is 2.47 bits per heavy atom. The first kappa shape index (κ1) is 12.3. The van der Waals surface area contributed by atoms with Gasteiger partial charge in [0.2, 0.25) is 0 Å². The normalized spacial score (nSPS) is 17.3. The summed E-state index contributed by atoms with van der Waals surface area (Å²) in [7, 11) is 3.95. The summed E-state index contributed by atoms with van der Waals surface area (Å²) in [5.41, 5.74) is 2.67. The molecule has 0 aromatic rings. The second kappa shape index (κ2) is 6.67. The highest BCUT2D eigenvalue weighted by Gasteiger charge is 2.14. The molecule has 0 amide bonds. The number of hydrogen-bond donors (Lipinski definition) is 3. The summed E-state index contributed by atoms with van der Waals surface area (Å²) in [6, 6.07) is 0. The molecule has 0 spiro atoms. The van der Waals surface area contributed by atoms with Gasteiger partial charge in [-0.1, -0.05) is 32.1 Å². The molecule has 1 aliphatic carbocycles. The van der Waals surface area contributed by atoms with Gasteiger partial charge in [-0.3, -0.25) is 9.89 Å². The van der Waals surface area contributed by atoms with Crippen molar-refractivity contribution in [2.45, 2.75) is 38.5 Å². The van der Waals surface area contributed by atoms with Gasteiger partial charge in [-0.05, 0) is 12.3 Å². The Kier molecular flexibility index (Phi) is 5.47. The fraction of sp³-hybridized carbons (Fsp3) is 0.909. The molecule has 1 rings (SSSR count). The van der Waals surface area contributed by atoms with Gasteiger partial charge >= 0.3 is 5.96 Å². The number of guanidine groups is 1. The highest BCUT2D eigenvalue weighted by Crippen LogP contribution is 2.25. The van der Waals surface area contributed by atoms with Crippen LogP contribution >= 0.6 is 0 Å². The van der Waals surface area contributed by atoms with Crippen LogP contribution in [0, 0.1) is 5.92 Å². The van der Waals surface area contributed by atoms with E-state index < -0.39 is 0 Å². The summed E-state index contributed by atoms with van der Waals surface area (Å²) < 4.78 is 1.96. The Hall–Kier alpha value is -0.770. The quantitative estimate of drug-likeness (QED) is 0.212. The van der Waals surface area contributed by atoms with Crippen molar-refractivity contribution in [3.63, 3.8) is 0 Å². The predicted molar refractivity (Wildman–Crippen MR) is 63.6 cm³/mol. The molecular formula is C11H25N4+. The molecule has 0 aromatic carbocycles. The third kappa shape index (κ3) is 4.51. The van der Waals surface area contributed by atoms with Crippen LogP contribution in [0.1, 0.15) is 38.5 Å². The maximum atomic E-state index is 5.40. The molecule has 88 valence electrons. The summed E-state index contributed by atoms with van der Waals surface area (Å²) in [5, 5.41) is 3.32. The standard InChI is InChI=1S/C11H24N4/c1-15(2)11(14-12)13-9-8-10-6-4-3-5-7-10/h10H,3-9,12H2,1-2H3,(H,13,14)/p+1. The van der Waals surface area contributed by atoms with E-state index in [4.69, 9.17) is 5.84 Å². The minimum Gasteiger partial charge on any atom is -0.277 e. The number of hydrogen-bond acceptors (Lipinski definition) is 1. The van der Waals surface area contributed by atoms with Gasteiger partial charge in [-0.25, -0.2) is 5.43 Å². The predicted octanol–water partition coefficient (Wildman–Crippen LogP) is 0.638. The monoisotopic (exact) mass is 213 g/mol. The second-order valence-electron chi connectivity index (χ2n) is 4.61. The Labute approximate surface area is 92.9 Å². The summed E-state index contributed by atoms with van der Waals surface area (Å²) in [4.78, 5) is 0. The fourth-order valence-electron chi connectivity index (χ4n) is 2.21. The van der Waals surface area contributed by atoms with E-state index in [0.29, 0.717) is 0 Å². The lowest BCUT2D eigenvalue weighted by Gasteiger charge is -2.20. The van der Waals surface area contributed by atoms with E-state index in [2.05, 4.69) is 10.7 Å². The van der Waals surface area contributed by atoms with Crippen molar-refractivity contribution in [1.82, 2.24) is 10.7 Å². The Balaban J connectivity index is 2.17. The first-order valence-corrected chi connectivity index (χ1v) is 5.99. The van der Waals surface area contributed by atoms with Gasteiger partial charge in [0.05, 0.1) is 20.6 Å². The topological polar surface area (TPSA) is 53.1 Å². The van der Waals surface area contributed by atoms with Gasteiger partial charge in [-0.15, -0.1) is 0 Å². The van der Waals surface area contributed by atoms with E-state index in [-0.39, 0.29) is 0 Å². The van der Waals surface area contributed by atoms with E-state index in [1.54, 1.807) is 0 Å². The maximum Gasteiger partial charge on any atom is 0.362 e. The molecule has 0 aromatic heterocycles. The third-order valence-corrected chi connectivity index (χ3v) is 3.15. The molecule has 1 saturated carbocycles. The first-order valence-electron chi connectivity index (χ1n) is 5.99. The largest absolute Gasteiger partial charge is 0.362 e. The minimum absolute atomic E-state index is 0.894. The third-order valence-electron chi connectivity index (χ3n) is 3.15. The number of hydrazine groups is 1. The summed E-state index contributed by atoms with van der Waals surface area (Å²) in [5.74, 6) is 7.22. The van der Waals surface area contributed by atoms with E-state index in [1.165, 1.54) is 38.5 Å². The Morgan fingerprint density at radius 1 is 1.27 bits per heavy atom. The zero-order valence-corrected chi connectivity index (χ0v) is 10.1. The Morgan fingerprint density at radius 2 is 1.93 bits per heavy atom. The van der Waals surface area contributed by atoms with Crippen molar-refractivity contribution >= 4 is 5.96 Å². The van der Waals surface area contributed by atoms with Crippen molar-refractivity contribution in [2.24, 2.45) is 11.8 Å². The molecule has 4 N–H and O–H groups in total. The zero-order valence-electron chi connectivity index (χ0n) is 10.1. The number of nitrogens with zero attached hydrogens (tertiary/aromatic N) is 1. The summed E-state index contributed by atoms with van der Waals surface area (Å²) in [6.45, 7) is 1.02. The minimum atomic E-state index is 0.894. The SMILES string of the molecule is C[N+](C)=C(NN)NCCC1CCCCC1. The Bertz CT molecular complexity index is 203. The molecule has 1 aliphatic rings. The first-order chi connectivity index (χ1) is 7.24. The average molecular weight is 213 g/mol. The van der Waals surface area contributed by atoms with Crippen molar-refractivity contribution in [3.05, 3.63) is 0 Å². The van der Waals surface area contributed by atoms with Gasteiger partial charge in [0.15, 0.2) is 0 Å². The van der Waals surface area contributed by atoms with Crippen LogP contribution in [-0.4, -0.2) is 31.2 Å². The van der Waals surface area contributed by atoms with Crippen LogP contribution in [-0.2, 0) is 0 Å². The van der Waals surface area contributed by atoms with E-state index in [1.807, 2.05) is 18.7 Å². The molecule has 0 radical (unpaired) electrons. The van der Waals surface area contributed by atoms with Crippen LogP contribution in [0.2, 0.25) is 0 Å². The van der Waals surface area contributed by atoms with Crippen LogP contribution in [0.5, 0.6) is 0 Å². The van der Waals surface area contributed by atoms with Crippen molar-refractivity contribution in [3.8, 4) is 0 Å². The number of nitrogens with two attached hydrogens (primary N) is 1. The molecule has 0 heterocycles. The van der Waals surface area contributed by atoms with Crippen LogP contribution in [0.3, 0.4) is 0 Å². The molecule has 4 nitrogen and oxygen atoms in total. The average Bonchev–Trinajstić information content (AvgIpc) is 2.25. The highest BCUT2D eigenvalue weighted by molar-refractivity contribution is 5.73. The van der Waals surface area contributed by atoms with E-state index >= 15 is 0 Å². The maximum absolute atomic E-state index is 5.40. The van der Waals surface area contributed by atoms with E-state index in [9.17, 15) is 0 Å². The van der Waals surface area contributed by atoms with Gasteiger partial charge < -0.3 is 0 Å². The van der Waals surface area contributed by atoms with Crippen LogP contribution < -0.4 is 16.6 Å².